The van der Waals surface area contributed by atoms with E-state index in [2.05, 4.69) is 0 Å². The number of hydrogen-bond acceptors (Lipinski definition) is 4. The van der Waals surface area contributed by atoms with E-state index in [1.54, 1.807) is 32.9 Å². The van der Waals surface area contributed by atoms with Gasteiger partial charge in [0.15, 0.2) is 0 Å². The molecule has 0 aliphatic carbocycles. The van der Waals surface area contributed by atoms with Gasteiger partial charge in [-0.1, -0.05) is 23.7 Å². The van der Waals surface area contributed by atoms with Crippen molar-refractivity contribution in [3.63, 3.8) is 0 Å². The van der Waals surface area contributed by atoms with Gasteiger partial charge in [0.25, 0.3) is 0 Å². The van der Waals surface area contributed by atoms with E-state index < -0.39 is 18.8 Å². The van der Waals surface area contributed by atoms with Gasteiger partial charge in [0.1, 0.15) is 5.60 Å². The Kier molecular flexibility index (Phi) is 4.00. The normalized spacial score (nSPS) is 14.2. The van der Waals surface area contributed by atoms with Crippen molar-refractivity contribution in [3.05, 3.63) is 28.3 Å². The molecule has 1 aliphatic heterocycles. The number of nitrogens with zero attached hydrogens (tertiary/aromatic N) is 1. The van der Waals surface area contributed by atoms with Crippen LogP contribution in [0.25, 0.3) is 0 Å². The fourth-order valence-corrected chi connectivity index (χ4v) is 2.45. The predicted octanol–water partition coefficient (Wildman–Crippen LogP) is 1.27. The van der Waals surface area contributed by atoms with Crippen molar-refractivity contribution in [1.29, 1.82) is 0 Å². The van der Waals surface area contributed by atoms with Crippen molar-refractivity contribution in [3.8, 4) is 0 Å². The van der Waals surface area contributed by atoms with Gasteiger partial charge < -0.3 is 14.8 Å². The summed E-state index contributed by atoms with van der Waals surface area (Å²) >= 11 is 6.15. The lowest BCUT2D eigenvalue weighted by atomic mass is 9.79. The monoisotopic (exact) mass is 297 g/mol. The minimum absolute atomic E-state index is 0.247. The molecule has 5 nitrogen and oxygen atoms in total. The highest BCUT2D eigenvalue weighted by Crippen LogP contribution is 2.29. The lowest BCUT2D eigenvalue weighted by Gasteiger charge is -2.24. The Morgan fingerprint density at radius 3 is 2.55 bits per heavy atom. The zero-order valence-electron chi connectivity index (χ0n) is 11.7. The molecule has 1 aliphatic rings. The number of benzene rings is 1. The fourth-order valence-electron chi connectivity index (χ4n) is 2.11. The minimum atomic E-state index is -1.62. The number of fused-ring (bicyclic) bond motifs is 1. The van der Waals surface area contributed by atoms with E-state index in [4.69, 9.17) is 16.3 Å². The Hall–Kier alpha value is -1.24. The van der Waals surface area contributed by atoms with E-state index in [0.717, 1.165) is 11.1 Å². The van der Waals surface area contributed by atoms with Crippen LogP contribution in [0.5, 0.6) is 0 Å². The Balaban J connectivity index is 2.20. The number of ether oxygens (including phenoxy) is 1. The van der Waals surface area contributed by atoms with Gasteiger partial charge >= 0.3 is 13.2 Å². The first-order chi connectivity index (χ1) is 9.19. The summed E-state index contributed by atoms with van der Waals surface area (Å²) in [6.45, 7) is 6.14. The summed E-state index contributed by atoms with van der Waals surface area (Å²) in [5, 5.41) is 18.8. The van der Waals surface area contributed by atoms with Crippen LogP contribution in [0.15, 0.2) is 12.1 Å². The maximum absolute atomic E-state index is 12.0. The van der Waals surface area contributed by atoms with E-state index >= 15 is 0 Å². The Labute approximate surface area is 123 Å². The van der Waals surface area contributed by atoms with E-state index in [0.29, 0.717) is 18.1 Å². The second-order valence-electron chi connectivity index (χ2n) is 5.82. The third-order valence-electron chi connectivity index (χ3n) is 3.01. The summed E-state index contributed by atoms with van der Waals surface area (Å²) in [6, 6.07) is 3.31. The van der Waals surface area contributed by atoms with Crippen molar-refractivity contribution in [2.75, 3.05) is 0 Å². The van der Waals surface area contributed by atoms with Gasteiger partial charge in [0.05, 0.1) is 6.54 Å². The van der Waals surface area contributed by atoms with Crippen LogP contribution >= 0.6 is 11.6 Å². The Morgan fingerprint density at radius 1 is 1.35 bits per heavy atom. The zero-order valence-corrected chi connectivity index (χ0v) is 12.4. The second-order valence-corrected chi connectivity index (χ2v) is 6.19. The first kappa shape index (κ1) is 15.2. The van der Waals surface area contributed by atoms with Gasteiger partial charge in [-0.05, 0) is 31.9 Å². The molecule has 7 heteroatoms. The standard InChI is InChI=1S/C13H17BClNO4/c1-13(2,3)20-12(17)16-6-8-4-5-10(14(18)19)11(15)9(8)7-16/h4-5,18-19H,6-7H2,1-3H3. The molecule has 0 unspecified atom stereocenters. The van der Waals surface area contributed by atoms with Gasteiger partial charge in [-0.25, -0.2) is 4.79 Å². The van der Waals surface area contributed by atoms with Gasteiger partial charge in [-0.15, -0.1) is 0 Å². The molecule has 108 valence electrons. The summed E-state index contributed by atoms with van der Waals surface area (Å²) in [5.41, 5.74) is 1.33. The lowest BCUT2D eigenvalue weighted by molar-refractivity contribution is 0.0242. The first-order valence-electron chi connectivity index (χ1n) is 6.33. The van der Waals surface area contributed by atoms with Gasteiger partial charge in [0, 0.05) is 17.0 Å². The molecular weight excluding hydrogens is 280 g/mol. The average molecular weight is 298 g/mol. The molecule has 1 aromatic rings. The summed E-state index contributed by atoms with van der Waals surface area (Å²) in [6.07, 6.45) is -0.407. The van der Waals surface area contributed by atoms with Crippen LogP contribution in [0.1, 0.15) is 31.9 Å². The Morgan fingerprint density at radius 2 is 2.00 bits per heavy atom. The van der Waals surface area contributed by atoms with Crippen LogP contribution < -0.4 is 5.46 Å². The number of carbonyl (C=O) groups excluding carboxylic acids is 1. The first-order valence-corrected chi connectivity index (χ1v) is 6.71. The molecule has 0 bridgehead atoms. The van der Waals surface area contributed by atoms with Gasteiger partial charge in [-0.2, -0.15) is 0 Å². The molecule has 1 aromatic carbocycles. The molecule has 0 radical (unpaired) electrons. The Bertz CT molecular complexity index is 542. The van der Waals surface area contributed by atoms with Crippen molar-refractivity contribution >= 4 is 30.3 Å². The van der Waals surface area contributed by atoms with Gasteiger partial charge in [0.2, 0.25) is 0 Å². The third-order valence-corrected chi connectivity index (χ3v) is 3.46. The van der Waals surface area contributed by atoms with Crippen molar-refractivity contribution in [2.45, 2.75) is 39.5 Å². The van der Waals surface area contributed by atoms with E-state index in [1.165, 1.54) is 4.90 Å². The molecule has 1 heterocycles. The van der Waals surface area contributed by atoms with Crippen LogP contribution in [0.2, 0.25) is 5.02 Å². The summed E-state index contributed by atoms with van der Waals surface area (Å²) in [5.74, 6) is 0. The molecule has 0 spiro atoms. The topological polar surface area (TPSA) is 70.0 Å². The molecule has 0 fully saturated rings. The largest absolute Gasteiger partial charge is 0.489 e. The van der Waals surface area contributed by atoms with E-state index in [-0.39, 0.29) is 5.46 Å². The fraction of sp³-hybridized carbons (Fsp3) is 0.462. The van der Waals surface area contributed by atoms with Gasteiger partial charge in [-0.3, -0.25) is 4.90 Å². The maximum atomic E-state index is 12.0. The highest BCUT2D eigenvalue weighted by Gasteiger charge is 2.31. The zero-order chi connectivity index (χ0) is 15.1. The summed E-state index contributed by atoms with van der Waals surface area (Å²) in [4.78, 5) is 13.6. The number of carbonyl (C=O) groups is 1. The van der Waals surface area contributed by atoms with Crippen molar-refractivity contribution in [2.24, 2.45) is 0 Å². The van der Waals surface area contributed by atoms with Crippen molar-refractivity contribution in [1.82, 2.24) is 4.90 Å². The second kappa shape index (κ2) is 5.28. The predicted molar refractivity (Wildman–Crippen MR) is 76.8 cm³/mol. The average Bonchev–Trinajstić information content (AvgIpc) is 2.71. The molecule has 0 saturated carbocycles. The molecule has 0 atom stereocenters. The van der Waals surface area contributed by atoms with Crippen molar-refractivity contribution < 1.29 is 19.6 Å². The highest BCUT2D eigenvalue weighted by molar-refractivity contribution is 6.62. The van der Waals surface area contributed by atoms with Crippen LogP contribution in [0.3, 0.4) is 0 Å². The SMILES string of the molecule is CC(C)(C)OC(=O)N1Cc2ccc(B(O)O)c(Cl)c2C1. The van der Waals surface area contributed by atoms with E-state index in [9.17, 15) is 14.8 Å². The molecule has 2 N–H and O–H groups in total. The minimum Gasteiger partial charge on any atom is -0.444 e. The molecule has 20 heavy (non-hydrogen) atoms. The molecule has 1 amide bonds. The quantitative estimate of drug-likeness (QED) is 0.766. The molecule has 0 aromatic heterocycles. The van der Waals surface area contributed by atoms with Crippen LogP contribution in [-0.2, 0) is 17.8 Å². The lowest BCUT2D eigenvalue weighted by Crippen LogP contribution is -2.33. The highest BCUT2D eigenvalue weighted by atomic mass is 35.5. The van der Waals surface area contributed by atoms with Crippen LogP contribution in [-0.4, -0.2) is 33.8 Å². The molecular formula is C13H17BClNO4. The number of hydrogen-bond donors (Lipinski definition) is 2. The smallest absolute Gasteiger partial charge is 0.444 e. The number of halogens is 1. The molecule has 0 saturated heterocycles. The van der Waals surface area contributed by atoms with E-state index in [1.807, 2.05) is 0 Å². The maximum Gasteiger partial charge on any atom is 0.489 e. The molecule has 2 rings (SSSR count). The van der Waals surface area contributed by atoms with Crippen LogP contribution in [0, 0.1) is 0 Å². The number of amides is 1. The summed E-state index contributed by atoms with van der Waals surface area (Å²) in [7, 11) is -1.62. The summed E-state index contributed by atoms with van der Waals surface area (Å²) < 4.78 is 5.32. The van der Waals surface area contributed by atoms with Crippen LogP contribution in [0.4, 0.5) is 4.79 Å². The number of rotatable bonds is 1. The third kappa shape index (κ3) is 3.08.